The Bertz CT molecular complexity index is 1210. The Labute approximate surface area is 358 Å². The van der Waals surface area contributed by atoms with Crippen molar-refractivity contribution in [3.05, 3.63) is 0 Å². The number of alkyl halides is 4. The van der Waals surface area contributed by atoms with E-state index in [1.807, 2.05) is 6.92 Å². The largest absolute Gasteiger partial charge is 0.459 e. The summed E-state index contributed by atoms with van der Waals surface area (Å²) in [5.74, 6) is -3.16. The fraction of sp³-hybridized carbons (Fsp3) is 0.788. The maximum Gasteiger partial charge on any atom is 0.339 e. The Kier molecular flexibility index (Phi) is 36.9. The van der Waals surface area contributed by atoms with Crippen LogP contribution < -0.4 is 21.3 Å². The number of hydrogen-bond donors (Lipinski definition) is 7. The number of carbonyl (C=O) groups excluding carboxylic acids is 7. The molecule has 0 aromatic carbocycles. The lowest BCUT2D eigenvalue weighted by molar-refractivity contribution is -0.177. The zero-order valence-corrected chi connectivity index (χ0v) is 35.8. The van der Waals surface area contributed by atoms with Crippen molar-refractivity contribution in [1.82, 2.24) is 21.3 Å². The molecule has 0 aliphatic carbocycles. The van der Waals surface area contributed by atoms with E-state index in [1.54, 1.807) is 6.92 Å². The van der Waals surface area contributed by atoms with Crippen molar-refractivity contribution in [2.24, 2.45) is 0 Å². The molecule has 1 aliphatic heterocycles. The first-order valence-corrected chi connectivity index (χ1v) is 18.2. The van der Waals surface area contributed by atoms with Crippen molar-refractivity contribution in [3.8, 4) is 0 Å². The van der Waals surface area contributed by atoms with Crippen LogP contribution >= 0.6 is 46.4 Å². The minimum atomic E-state index is -1.32. The molecule has 1 heterocycles. The molecule has 0 aromatic heterocycles. The van der Waals surface area contributed by atoms with Gasteiger partial charge in [0.2, 0.25) is 37.6 Å². The lowest BCUT2D eigenvalue weighted by Gasteiger charge is -2.17. The van der Waals surface area contributed by atoms with E-state index < -0.39 is 58.6 Å². The number of carbonyl (C=O) groups is 7. The zero-order valence-electron chi connectivity index (χ0n) is 38.8. The summed E-state index contributed by atoms with van der Waals surface area (Å²) in [5, 5.41) is 20.3. The second-order valence-electron chi connectivity index (χ2n) is 10.0. The number of aliphatic hydroxyl groups is 3. The maximum atomic E-state index is 11.5. The fourth-order valence-electron chi connectivity index (χ4n) is 3.25. The summed E-state index contributed by atoms with van der Waals surface area (Å²) in [6, 6.07) is 0. The highest BCUT2D eigenvalue weighted by Gasteiger charge is 2.36. The molecule has 332 valence electrons. The molecule has 0 aromatic rings. The molecule has 56 heavy (non-hydrogen) atoms. The van der Waals surface area contributed by atoms with Crippen LogP contribution in [-0.4, -0.2) is 157 Å². The lowest BCUT2D eigenvalue weighted by atomic mass is 10.2. The summed E-state index contributed by atoms with van der Waals surface area (Å²) < 4.78 is 64.2. The molecule has 1 aliphatic rings. The minimum absolute atomic E-state index is 0.0198. The van der Waals surface area contributed by atoms with E-state index in [2.05, 4.69) is 36.6 Å². The molecule has 1 saturated heterocycles. The number of nitrogens with one attached hydrogen (secondary N) is 4. The summed E-state index contributed by atoms with van der Waals surface area (Å²) in [7, 11) is 8.28. The third kappa shape index (κ3) is 38.1. The second-order valence-corrected chi connectivity index (χ2v) is 12.2. The van der Waals surface area contributed by atoms with Gasteiger partial charge in [0.1, 0.15) is 12.2 Å². The van der Waals surface area contributed by atoms with Gasteiger partial charge in [-0.2, -0.15) is 0 Å². The first kappa shape index (κ1) is 49.4. The van der Waals surface area contributed by atoms with Crippen LogP contribution in [0.15, 0.2) is 0 Å². The standard InChI is InChI=1S/C11H19NO5.C10H16Cl2N2O4.C9H15Cl2NO3.3CH4O/c1-7-6-8(11(15-3)16-7)17-10(14)5-4-9(13)12-2;1-6(18-10(17)9(11)12)5-14-8(16)4-3-7(15)13-2;1-3-4-7(13)12-5-6(2)15-9(14)8(10)11;3*1-2/h7-8,11H,4-6H2,1-3H3,(H,12,13);6,9H,3-5H2,1-2H3,(H,13,15)(H,14,16);6,8H,3-5H2,1-2H3,(H,12,13);3*2H,1H3/t7-,8-,11-;;;;;/m0...../s1/i6D;1D;2D;3*2T/t6-,7-,8-,11-;;;;;. The van der Waals surface area contributed by atoms with E-state index in [-0.39, 0.29) is 82.3 Å². The zero-order chi connectivity index (χ0) is 49.2. The Morgan fingerprint density at radius 2 is 1.18 bits per heavy atom. The Hall–Kier alpha value is -2.75. The number of ether oxygens (including phenoxy) is 5. The van der Waals surface area contributed by atoms with Crippen LogP contribution in [0.5, 0.6) is 0 Å². The number of hydrogen-bond acceptors (Lipinski definition) is 15. The van der Waals surface area contributed by atoms with E-state index in [9.17, 15) is 33.6 Å². The van der Waals surface area contributed by atoms with Gasteiger partial charge in [0.15, 0.2) is 12.4 Å². The summed E-state index contributed by atoms with van der Waals surface area (Å²) in [4.78, 5) is 75.4. The van der Waals surface area contributed by atoms with Gasteiger partial charge in [-0.3, -0.25) is 24.0 Å². The third-order valence-corrected chi connectivity index (χ3v) is 6.44. The van der Waals surface area contributed by atoms with Gasteiger partial charge in [0.25, 0.3) is 0 Å². The van der Waals surface area contributed by atoms with Gasteiger partial charge in [-0.15, -0.1) is 0 Å². The number of esters is 3. The first-order valence-electron chi connectivity index (χ1n) is 19.6. The van der Waals surface area contributed by atoms with Crippen LogP contribution in [0.1, 0.15) is 76.7 Å². The van der Waals surface area contributed by atoms with Crippen LogP contribution in [0.25, 0.3) is 0 Å². The van der Waals surface area contributed by atoms with E-state index in [4.69, 9.17) is 78.5 Å². The summed E-state index contributed by atoms with van der Waals surface area (Å²) in [5.41, 5.74) is 0. The van der Waals surface area contributed by atoms with Crippen LogP contribution in [0.3, 0.4) is 0 Å². The van der Waals surface area contributed by atoms with Crippen LogP contribution in [0.2, 0.25) is 0 Å². The molecule has 0 radical (unpaired) electrons. The normalized spacial score (nSPS) is 18.6. The highest BCUT2D eigenvalue weighted by Crippen LogP contribution is 2.23. The molecule has 1 fully saturated rings. The summed E-state index contributed by atoms with van der Waals surface area (Å²) in [6.07, 6.45) is -2.75. The minimum Gasteiger partial charge on any atom is -0.459 e. The molecule has 19 nitrogen and oxygen atoms in total. The van der Waals surface area contributed by atoms with Gasteiger partial charge in [-0.05, 0) is 27.1 Å². The number of aliphatic hydroxyl groups excluding tert-OH is 3. The Balaban J connectivity index is -0.000000239. The molecule has 4 amide bonds. The van der Waals surface area contributed by atoms with E-state index in [1.165, 1.54) is 42.5 Å². The predicted molar refractivity (Wildman–Crippen MR) is 210 cm³/mol. The number of methoxy groups -OCH3 is 1. The van der Waals surface area contributed by atoms with Gasteiger partial charge in [-0.1, -0.05) is 53.3 Å². The summed E-state index contributed by atoms with van der Waals surface area (Å²) >= 11 is 21.1. The molecule has 0 saturated carbocycles. The third-order valence-electron chi connectivity index (χ3n) is 5.72. The van der Waals surface area contributed by atoms with E-state index in [0.717, 1.165) is 6.42 Å². The molecular formula is C33H62Cl4N4O15. The second kappa shape index (κ2) is 41.9. The highest BCUT2D eigenvalue weighted by atomic mass is 35.5. The molecule has 23 heteroatoms. The monoisotopic (exact) mass is 903 g/mol. The number of halogens is 4. The van der Waals surface area contributed by atoms with Crippen molar-refractivity contribution in [1.29, 1.82) is 4.29 Å². The average Bonchev–Trinajstić information content (AvgIpc) is 3.50. The molecule has 1 rings (SSSR count). The van der Waals surface area contributed by atoms with Gasteiger partial charge in [0, 0.05) is 78.7 Å². The average molecular weight is 906 g/mol. The topological polar surface area (TPSA) is 274 Å². The summed E-state index contributed by atoms with van der Waals surface area (Å²) in [6.45, 7) is 3.30. The van der Waals surface area contributed by atoms with Gasteiger partial charge >= 0.3 is 17.9 Å². The van der Waals surface area contributed by atoms with Gasteiger partial charge in [-0.25, -0.2) is 9.59 Å². The first-order chi connectivity index (χ1) is 29.1. The number of amides is 4. The van der Waals surface area contributed by atoms with Crippen molar-refractivity contribution < 1.29 is 76.7 Å². The van der Waals surface area contributed by atoms with Crippen LogP contribution in [-0.2, 0) is 57.2 Å². The molecule has 0 bridgehead atoms. The van der Waals surface area contributed by atoms with Crippen molar-refractivity contribution >= 4 is 87.9 Å². The lowest BCUT2D eigenvalue weighted by Crippen LogP contribution is -2.34. The van der Waals surface area contributed by atoms with Crippen LogP contribution in [0, 0.1) is 0 Å². The fourth-order valence-corrected chi connectivity index (χ4v) is 3.46. The quantitative estimate of drug-likeness (QED) is 0.0575. The SMILES string of the molecule is [2H]CC(CNC(=O)CCC(=O)NC)OC(=O)C(Cl)Cl.[2H]CC(CNC(=O)CCC)OC(=O)C(Cl)Cl.[2H][C@@H]1[C@H](OC(=O)CCC(=O)NC)[C@@H](OC)O[C@H]1C.[3H]OC.[3H]OC.[3H]OC. The maximum absolute atomic E-state index is 11.5. The molecule has 2 unspecified atom stereocenters. The molecular weight excluding hydrogens is 834 g/mol. The molecule has 0 spiro atoms. The predicted octanol–water partition coefficient (Wildman–Crippen LogP) is 1.03. The van der Waals surface area contributed by atoms with Gasteiger partial charge < -0.3 is 60.3 Å². The van der Waals surface area contributed by atoms with Gasteiger partial charge in [0.05, 0.1) is 25.6 Å². The number of rotatable bonds is 18. The van der Waals surface area contributed by atoms with Crippen LogP contribution in [0.4, 0.5) is 0 Å². The van der Waals surface area contributed by atoms with E-state index >= 15 is 0 Å². The molecule has 7 N–H and O–H groups in total. The van der Waals surface area contributed by atoms with E-state index in [0.29, 0.717) is 6.42 Å². The van der Waals surface area contributed by atoms with Crippen molar-refractivity contribution in [2.45, 2.75) is 113 Å². The highest BCUT2D eigenvalue weighted by molar-refractivity contribution is 6.53. The van der Waals surface area contributed by atoms with Crippen molar-refractivity contribution in [3.63, 3.8) is 0 Å². The smallest absolute Gasteiger partial charge is 0.339 e. The Morgan fingerprint density at radius 1 is 0.786 bits per heavy atom. The molecule has 6 atom stereocenters. The van der Waals surface area contributed by atoms with Crippen molar-refractivity contribution in [2.75, 3.05) is 55.6 Å². The Morgan fingerprint density at radius 3 is 1.54 bits per heavy atom.